The Bertz CT molecular complexity index is 483. The third-order valence-corrected chi connectivity index (χ3v) is 4.63. The summed E-state index contributed by atoms with van der Waals surface area (Å²) in [5.74, 6) is -0.155. The van der Waals surface area contributed by atoms with Gasteiger partial charge in [0.2, 0.25) is 5.91 Å². The van der Waals surface area contributed by atoms with Crippen LogP contribution < -0.4 is 5.32 Å². The molecule has 1 N–H and O–H groups in total. The highest BCUT2D eigenvalue weighted by Crippen LogP contribution is 2.28. The summed E-state index contributed by atoms with van der Waals surface area (Å²) in [5, 5.41) is 3.67. The van der Waals surface area contributed by atoms with Crippen LogP contribution in [-0.2, 0) is 4.79 Å². The highest BCUT2D eigenvalue weighted by Gasteiger charge is 2.38. The van der Waals surface area contributed by atoms with E-state index < -0.39 is 0 Å². The van der Waals surface area contributed by atoms with Crippen molar-refractivity contribution < 1.29 is 9.18 Å². The Labute approximate surface area is 123 Å². The van der Waals surface area contributed by atoms with Crippen molar-refractivity contribution in [2.75, 3.05) is 12.8 Å². The Hall–Kier alpha value is -1.07. The normalized spacial score (nSPS) is 24.2. The van der Waals surface area contributed by atoms with Gasteiger partial charge in [0, 0.05) is 11.8 Å². The van der Waals surface area contributed by atoms with Crippen LogP contribution in [0.3, 0.4) is 0 Å². The summed E-state index contributed by atoms with van der Waals surface area (Å²) in [4.78, 5) is 14.3. The summed E-state index contributed by atoms with van der Waals surface area (Å²) in [7, 11) is 0. The molecule has 0 aliphatic carbocycles. The third kappa shape index (κ3) is 3.15. The lowest BCUT2D eigenvalue weighted by atomic mass is 10.1. The number of halogens is 1. The lowest BCUT2D eigenvalue weighted by Crippen LogP contribution is -2.35. The molecule has 3 atom stereocenters. The minimum Gasteiger partial charge on any atom is -0.320 e. The van der Waals surface area contributed by atoms with Crippen LogP contribution in [0.5, 0.6) is 0 Å². The van der Waals surface area contributed by atoms with E-state index in [-0.39, 0.29) is 23.9 Å². The van der Waals surface area contributed by atoms with Gasteiger partial charge in [-0.05, 0) is 30.4 Å². The molecular formula is C15H21FN2OS. The van der Waals surface area contributed by atoms with Gasteiger partial charge in [-0.25, -0.2) is 4.39 Å². The summed E-state index contributed by atoms with van der Waals surface area (Å²) in [6.07, 6.45) is 2.56. The first-order valence-corrected chi connectivity index (χ1v) is 8.20. The van der Waals surface area contributed by atoms with E-state index in [1.54, 1.807) is 17.8 Å². The molecule has 3 unspecified atom stereocenters. The highest BCUT2D eigenvalue weighted by molar-refractivity contribution is 7.99. The minimum atomic E-state index is -0.269. The standard InChI is InChI=1S/C15H21FN2OS/c1-4-13-15(19)18(9-10(2)20-3)14(17-13)11-6-5-7-12(16)8-11/h5-8,10,13-14,17H,4,9H2,1-3H3. The van der Waals surface area contributed by atoms with E-state index in [2.05, 4.69) is 12.2 Å². The molecule has 1 amide bonds. The van der Waals surface area contributed by atoms with Crippen LogP contribution in [0.2, 0.25) is 0 Å². The maximum absolute atomic E-state index is 13.4. The van der Waals surface area contributed by atoms with Crippen molar-refractivity contribution in [3.63, 3.8) is 0 Å². The molecule has 1 aromatic rings. The summed E-state index contributed by atoms with van der Waals surface area (Å²) < 4.78 is 13.4. The predicted octanol–water partition coefficient (Wildman–Crippen LogP) is 2.79. The maximum atomic E-state index is 13.4. The van der Waals surface area contributed by atoms with Gasteiger partial charge in [0.15, 0.2) is 0 Å². The average molecular weight is 296 g/mol. The third-order valence-electron chi connectivity index (χ3n) is 3.68. The zero-order valence-corrected chi connectivity index (χ0v) is 12.9. The number of rotatable bonds is 5. The molecule has 0 saturated carbocycles. The molecule has 1 fully saturated rings. The van der Waals surface area contributed by atoms with Gasteiger partial charge in [0.05, 0.1) is 6.04 Å². The van der Waals surface area contributed by atoms with Crippen LogP contribution >= 0.6 is 11.8 Å². The molecule has 1 heterocycles. The van der Waals surface area contributed by atoms with Gasteiger partial charge in [0.1, 0.15) is 12.0 Å². The topological polar surface area (TPSA) is 32.3 Å². The van der Waals surface area contributed by atoms with Crippen molar-refractivity contribution in [2.24, 2.45) is 0 Å². The summed E-state index contributed by atoms with van der Waals surface area (Å²) in [5.41, 5.74) is 0.808. The van der Waals surface area contributed by atoms with E-state index in [0.29, 0.717) is 11.8 Å². The smallest absolute Gasteiger partial charge is 0.241 e. The Morgan fingerprint density at radius 3 is 2.85 bits per heavy atom. The van der Waals surface area contributed by atoms with Crippen LogP contribution in [0, 0.1) is 5.82 Å². The van der Waals surface area contributed by atoms with Gasteiger partial charge >= 0.3 is 0 Å². The first-order valence-electron chi connectivity index (χ1n) is 6.91. The Morgan fingerprint density at radius 1 is 1.50 bits per heavy atom. The SMILES string of the molecule is CCC1NC(c2cccc(F)c2)N(CC(C)SC)C1=O. The number of nitrogens with zero attached hydrogens (tertiary/aromatic N) is 1. The minimum absolute atomic E-state index is 0.114. The lowest BCUT2D eigenvalue weighted by molar-refractivity contribution is -0.130. The van der Waals surface area contributed by atoms with Gasteiger partial charge in [-0.1, -0.05) is 26.0 Å². The van der Waals surface area contributed by atoms with E-state index in [0.717, 1.165) is 12.0 Å². The average Bonchev–Trinajstić information content (AvgIpc) is 2.75. The van der Waals surface area contributed by atoms with Crippen molar-refractivity contribution in [1.29, 1.82) is 0 Å². The van der Waals surface area contributed by atoms with Crippen molar-refractivity contribution >= 4 is 17.7 Å². The molecule has 5 heteroatoms. The second-order valence-corrected chi connectivity index (χ2v) is 6.40. The highest BCUT2D eigenvalue weighted by atomic mass is 32.2. The van der Waals surface area contributed by atoms with Crippen molar-refractivity contribution in [3.05, 3.63) is 35.6 Å². The molecule has 1 saturated heterocycles. The van der Waals surface area contributed by atoms with E-state index in [9.17, 15) is 9.18 Å². The fourth-order valence-electron chi connectivity index (χ4n) is 2.47. The van der Waals surface area contributed by atoms with E-state index in [1.807, 2.05) is 24.1 Å². The largest absolute Gasteiger partial charge is 0.320 e. The summed E-state index contributed by atoms with van der Waals surface area (Å²) >= 11 is 1.73. The quantitative estimate of drug-likeness (QED) is 0.907. The van der Waals surface area contributed by atoms with Crippen LogP contribution in [0.4, 0.5) is 4.39 Å². The fraction of sp³-hybridized carbons (Fsp3) is 0.533. The molecule has 110 valence electrons. The molecule has 1 aliphatic heterocycles. The number of thioether (sulfide) groups is 1. The first kappa shape index (κ1) is 15.3. The second-order valence-electron chi connectivity index (χ2n) is 5.12. The number of hydrogen-bond acceptors (Lipinski definition) is 3. The molecule has 20 heavy (non-hydrogen) atoms. The van der Waals surface area contributed by atoms with Crippen LogP contribution in [0.15, 0.2) is 24.3 Å². The second kappa shape index (κ2) is 6.59. The van der Waals surface area contributed by atoms with Crippen LogP contribution in [0.25, 0.3) is 0 Å². The number of benzene rings is 1. The van der Waals surface area contributed by atoms with Crippen molar-refractivity contribution in [2.45, 2.75) is 37.7 Å². The van der Waals surface area contributed by atoms with Crippen LogP contribution in [0.1, 0.15) is 32.0 Å². The number of amides is 1. The summed E-state index contributed by atoms with van der Waals surface area (Å²) in [6.45, 7) is 4.75. The number of hydrogen-bond donors (Lipinski definition) is 1. The molecule has 0 spiro atoms. The molecule has 2 rings (SSSR count). The van der Waals surface area contributed by atoms with Gasteiger partial charge in [0.25, 0.3) is 0 Å². The first-order chi connectivity index (χ1) is 9.56. The zero-order valence-electron chi connectivity index (χ0n) is 12.1. The molecular weight excluding hydrogens is 275 g/mol. The van der Waals surface area contributed by atoms with Crippen molar-refractivity contribution in [3.8, 4) is 0 Å². The Morgan fingerprint density at radius 2 is 2.25 bits per heavy atom. The molecule has 1 aliphatic rings. The number of carbonyl (C=O) groups excluding carboxylic acids is 1. The molecule has 3 nitrogen and oxygen atoms in total. The van der Waals surface area contributed by atoms with Gasteiger partial charge in [-0.15, -0.1) is 0 Å². The Balaban J connectivity index is 2.26. The fourth-order valence-corrected chi connectivity index (χ4v) is 2.78. The molecule has 0 aromatic heterocycles. The van der Waals surface area contributed by atoms with Gasteiger partial charge in [-0.3, -0.25) is 10.1 Å². The van der Waals surface area contributed by atoms with E-state index in [4.69, 9.17) is 0 Å². The molecule has 0 radical (unpaired) electrons. The number of carbonyl (C=O) groups is 1. The van der Waals surface area contributed by atoms with Gasteiger partial charge in [-0.2, -0.15) is 11.8 Å². The van der Waals surface area contributed by atoms with E-state index in [1.165, 1.54) is 12.1 Å². The Kier molecular flexibility index (Phi) is 5.05. The maximum Gasteiger partial charge on any atom is 0.241 e. The lowest BCUT2D eigenvalue weighted by Gasteiger charge is -2.26. The zero-order chi connectivity index (χ0) is 14.7. The van der Waals surface area contributed by atoms with Crippen LogP contribution in [-0.4, -0.2) is 34.9 Å². The monoisotopic (exact) mass is 296 g/mol. The van der Waals surface area contributed by atoms with Gasteiger partial charge < -0.3 is 4.90 Å². The van der Waals surface area contributed by atoms with Crippen molar-refractivity contribution in [1.82, 2.24) is 10.2 Å². The molecule has 0 bridgehead atoms. The predicted molar refractivity (Wildman–Crippen MR) is 81.0 cm³/mol. The molecule has 1 aromatic carbocycles. The van der Waals surface area contributed by atoms with E-state index >= 15 is 0 Å². The summed E-state index contributed by atoms with van der Waals surface area (Å²) in [6, 6.07) is 6.30. The number of nitrogens with one attached hydrogen (secondary N) is 1.